The number of fused-ring (bicyclic) bond motifs is 1. The van der Waals surface area contributed by atoms with Gasteiger partial charge in [0.05, 0.1) is 11.6 Å². The van der Waals surface area contributed by atoms with Crippen LogP contribution in [0.1, 0.15) is 30.1 Å². The van der Waals surface area contributed by atoms with Crippen molar-refractivity contribution in [3.8, 4) is 5.75 Å². The summed E-state index contributed by atoms with van der Waals surface area (Å²) in [5.74, 6) is -0.591. The molecule has 1 aromatic heterocycles. The van der Waals surface area contributed by atoms with E-state index >= 15 is 0 Å². The third kappa shape index (κ3) is 4.05. The second-order valence-corrected chi connectivity index (χ2v) is 5.64. The Hall–Kier alpha value is -2.68. The van der Waals surface area contributed by atoms with E-state index in [1.165, 1.54) is 24.3 Å². The van der Waals surface area contributed by atoms with Crippen molar-refractivity contribution >= 4 is 11.8 Å². The molecule has 0 fully saturated rings. The average Bonchev–Trinajstić information content (AvgIpc) is 3.03. The molecule has 0 bridgehead atoms. The van der Waals surface area contributed by atoms with Crippen LogP contribution in [-0.4, -0.2) is 27.6 Å². The van der Waals surface area contributed by atoms with Crippen LogP contribution in [0.3, 0.4) is 0 Å². The predicted octanol–water partition coefficient (Wildman–Crippen LogP) is 3.54. The van der Waals surface area contributed by atoms with E-state index < -0.39 is 18.5 Å². The van der Waals surface area contributed by atoms with Crippen molar-refractivity contribution in [3.05, 3.63) is 41.7 Å². The fourth-order valence-corrected chi connectivity index (χ4v) is 2.75. The molecule has 9 heteroatoms. The third-order valence-corrected chi connectivity index (χ3v) is 3.95. The topological polar surface area (TPSA) is 85.6 Å². The molecule has 2 aromatic rings. The first-order valence-electron chi connectivity index (χ1n) is 7.76. The van der Waals surface area contributed by atoms with Gasteiger partial charge in [0.15, 0.2) is 0 Å². The lowest BCUT2D eigenvalue weighted by atomic mass is 9.96. The maximum Gasteiger partial charge on any atom is 0.514 e. The quantitative estimate of drug-likeness (QED) is 0.486. The third-order valence-electron chi connectivity index (χ3n) is 3.95. The Morgan fingerprint density at radius 3 is 2.84 bits per heavy atom. The number of carbonyl (C=O) groups excluding carboxylic acids is 1. The highest BCUT2D eigenvalue weighted by Gasteiger charge is 2.29. The van der Waals surface area contributed by atoms with Gasteiger partial charge in [-0.2, -0.15) is 5.10 Å². The molecule has 0 spiro atoms. The number of rotatable bonds is 5. The van der Waals surface area contributed by atoms with Crippen molar-refractivity contribution in [3.63, 3.8) is 0 Å². The van der Waals surface area contributed by atoms with Gasteiger partial charge in [-0.15, -0.1) is 0 Å². The van der Waals surface area contributed by atoms with Gasteiger partial charge in [-0.05, 0) is 43.2 Å². The maximum absolute atomic E-state index is 13.1. The van der Waals surface area contributed by atoms with Crippen LogP contribution in [0.2, 0.25) is 0 Å². The first-order chi connectivity index (χ1) is 12.1. The molecule has 1 unspecified atom stereocenters. The first-order valence-corrected chi connectivity index (χ1v) is 7.76. The lowest BCUT2D eigenvalue weighted by molar-refractivity contribution is 0.0914. The second kappa shape index (κ2) is 7.47. The summed E-state index contributed by atoms with van der Waals surface area (Å²) in [7, 11) is 0. The molecule has 1 atom stereocenters. The van der Waals surface area contributed by atoms with Crippen LogP contribution < -0.4 is 10.2 Å². The molecule has 0 saturated carbocycles. The zero-order valence-electron chi connectivity index (χ0n) is 13.2. The minimum atomic E-state index is -2.44. The van der Waals surface area contributed by atoms with Crippen LogP contribution in [0.25, 0.3) is 0 Å². The molecule has 1 aliphatic heterocycles. The largest absolute Gasteiger partial charge is 0.514 e. The number of alkyl halides is 2. The molecule has 25 heavy (non-hydrogen) atoms. The fourth-order valence-electron chi connectivity index (χ4n) is 2.75. The monoisotopic (exact) mass is 353 g/mol. The number of anilines is 1. The molecular formula is C16H17F2N3O4. The van der Waals surface area contributed by atoms with Crippen molar-refractivity contribution < 1.29 is 28.3 Å². The van der Waals surface area contributed by atoms with Crippen molar-refractivity contribution in [1.29, 1.82) is 0 Å². The zero-order chi connectivity index (χ0) is 17.8. The molecular weight excluding hydrogens is 336 g/mol. The Labute approximate surface area is 142 Å². The number of halogens is 2. The van der Waals surface area contributed by atoms with Crippen LogP contribution in [-0.2, 0) is 17.9 Å². The SMILES string of the molecule is O=C(OCc1cc2n(n1)CCCC2C(F)F)Oc1ccc(NO)cc1. The van der Waals surface area contributed by atoms with Gasteiger partial charge < -0.3 is 9.47 Å². The van der Waals surface area contributed by atoms with Gasteiger partial charge in [-0.3, -0.25) is 15.4 Å². The molecule has 1 aromatic carbocycles. The van der Waals surface area contributed by atoms with E-state index in [0.717, 1.165) is 0 Å². The molecule has 0 amide bonds. The smallest absolute Gasteiger partial charge is 0.427 e. The Bertz CT molecular complexity index is 733. The maximum atomic E-state index is 13.1. The molecule has 7 nitrogen and oxygen atoms in total. The number of nitrogens with zero attached hydrogens (tertiary/aromatic N) is 2. The molecule has 1 aliphatic rings. The van der Waals surface area contributed by atoms with Gasteiger partial charge in [-0.1, -0.05) is 0 Å². The lowest BCUT2D eigenvalue weighted by Crippen LogP contribution is -2.21. The predicted molar refractivity (Wildman–Crippen MR) is 82.9 cm³/mol. The van der Waals surface area contributed by atoms with Crippen LogP contribution in [0.5, 0.6) is 5.75 Å². The Balaban J connectivity index is 1.57. The summed E-state index contributed by atoms with van der Waals surface area (Å²) in [6.07, 6.45) is -2.30. The van der Waals surface area contributed by atoms with Gasteiger partial charge >= 0.3 is 6.16 Å². The Morgan fingerprint density at radius 1 is 1.40 bits per heavy atom. The van der Waals surface area contributed by atoms with Gasteiger partial charge in [-0.25, -0.2) is 13.6 Å². The van der Waals surface area contributed by atoms with Gasteiger partial charge in [0.25, 0.3) is 0 Å². The molecule has 0 radical (unpaired) electrons. The summed E-state index contributed by atoms with van der Waals surface area (Å²) in [6, 6.07) is 7.52. The molecule has 0 saturated heterocycles. The summed E-state index contributed by atoms with van der Waals surface area (Å²) >= 11 is 0. The molecule has 2 heterocycles. The van der Waals surface area contributed by atoms with E-state index in [-0.39, 0.29) is 12.4 Å². The average molecular weight is 353 g/mol. The number of hydrogen-bond donors (Lipinski definition) is 2. The molecule has 0 aliphatic carbocycles. The Morgan fingerprint density at radius 2 is 2.16 bits per heavy atom. The van der Waals surface area contributed by atoms with Crippen LogP contribution in [0.4, 0.5) is 19.3 Å². The fraction of sp³-hybridized carbons (Fsp3) is 0.375. The minimum Gasteiger partial charge on any atom is -0.427 e. The van der Waals surface area contributed by atoms with E-state index in [1.807, 2.05) is 5.48 Å². The van der Waals surface area contributed by atoms with E-state index in [0.29, 0.717) is 36.5 Å². The standard InChI is InChI=1S/C16H17F2N3O4/c17-15(18)13-2-1-7-21-14(13)8-11(19-21)9-24-16(22)25-12-5-3-10(20-23)4-6-12/h3-6,8,13,15,20,23H,1-2,7,9H2. The van der Waals surface area contributed by atoms with Crippen LogP contribution >= 0.6 is 0 Å². The van der Waals surface area contributed by atoms with Crippen LogP contribution in [0, 0.1) is 0 Å². The number of benzene rings is 1. The second-order valence-electron chi connectivity index (χ2n) is 5.64. The van der Waals surface area contributed by atoms with Crippen LogP contribution in [0.15, 0.2) is 30.3 Å². The number of carbonyl (C=O) groups is 1. The Kier molecular flexibility index (Phi) is 5.13. The number of ether oxygens (including phenoxy) is 2. The lowest BCUT2D eigenvalue weighted by Gasteiger charge is -2.22. The normalized spacial score (nSPS) is 16.4. The van der Waals surface area contributed by atoms with E-state index in [2.05, 4.69) is 5.10 Å². The van der Waals surface area contributed by atoms with Crippen molar-refractivity contribution in [2.75, 3.05) is 5.48 Å². The van der Waals surface area contributed by atoms with Gasteiger partial charge in [0.1, 0.15) is 18.1 Å². The number of aromatic nitrogens is 2. The highest BCUT2D eigenvalue weighted by atomic mass is 19.3. The van der Waals surface area contributed by atoms with E-state index in [4.69, 9.17) is 14.7 Å². The number of aryl methyl sites for hydroxylation is 1. The first kappa shape index (κ1) is 17.2. The zero-order valence-corrected chi connectivity index (χ0v) is 13.2. The number of hydrogen-bond acceptors (Lipinski definition) is 6. The van der Waals surface area contributed by atoms with Crippen molar-refractivity contribution in [2.45, 2.75) is 38.3 Å². The minimum absolute atomic E-state index is 0.162. The number of nitrogens with one attached hydrogen (secondary N) is 1. The van der Waals surface area contributed by atoms with Crippen molar-refractivity contribution in [2.24, 2.45) is 0 Å². The molecule has 3 rings (SSSR count). The van der Waals surface area contributed by atoms with E-state index in [1.54, 1.807) is 10.7 Å². The molecule has 134 valence electrons. The van der Waals surface area contributed by atoms with Crippen molar-refractivity contribution in [1.82, 2.24) is 9.78 Å². The summed E-state index contributed by atoms with van der Waals surface area (Å²) in [4.78, 5) is 11.7. The summed E-state index contributed by atoms with van der Waals surface area (Å²) in [6.45, 7) is 0.416. The van der Waals surface area contributed by atoms with E-state index in [9.17, 15) is 13.6 Å². The van der Waals surface area contributed by atoms with Gasteiger partial charge in [0.2, 0.25) is 6.43 Å². The summed E-state index contributed by atoms with van der Waals surface area (Å²) < 4.78 is 37.6. The molecule has 2 N–H and O–H groups in total. The summed E-state index contributed by atoms with van der Waals surface area (Å²) in [5.41, 5.74) is 3.27. The summed E-state index contributed by atoms with van der Waals surface area (Å²) in [5, 5.41) is 12.9. The highest BCUT2D eigenvalue weighted by molar-refractivity contribution is 5.64. The van der Waals surface area contributed by atoms with Gasteiger partial charge in [0, 0.05) is 12.2 Å². The highest BCUT2D eigenvalue weighted by Crippen LogP contribution is 2.32.